The highest BCUT2D eigenvalue weighted by Gasteiger charge is 2.27. The largest absolute Gasteiger partial charge is 0.444 e. The summed E-state index contributed by atoms with van der Waals surface area (Å²) < 4.78 is 5.39. The molecule has 0 saturated carbocycles. The quantitative estimate of drug-likeness (QED) is 0.818. The summed E-state index contributed by atoms with van der Waals surface area (Å²) in [6, 6.07) is 7.69. The van der Waals surface area contributed by atoms with Gasteiger partial charge in [0.05, 0.1) is 16.9 Å². The summed E-state index contributed by atoms with van der Waals surface area (Å²) in [7, 11) is 0. The highest BCUT2D eigenvalue weighted by Crippen LogP contribution is 2.25. The van der Waals surface area contributed by atoms with Gasteiger partial charge in [-0.25, -0.2) is 4.79 Å². The molecule has 3 N–H and O–H groups in total. The van der Waals surface area contributed by atoms with Gasteiger partial charge in [-0.1, -0.05) is 6.07 Å². The fraction of sp³-hybridized carbons (Fsp3) is 0.529. The minimum Gasteiger partial charge on any atom is -0.444 e. The Hall–Kier alpha value is -2.42. The Morgan fingerprint density at radius 3 is 2.61 bits per heavy atom. The summed E-state index contributed by atoms with van der Waals surface area (Å²) in [6.07, 6.45) is 1.37. The van der Waals surface area contributed by atoms with Crippen molar-refractivity contribution in [3.63, 3.8) is 0 Å². The molecule has 23 heavy (non-hydrogen) atoms. The van der Waals surface area contributed by atoms with Gasteiger partial charge < -0.3 is 20.7 Å². The predicted molar refractivity (Wildman–Crippen MR) is 90.0 cm³/mol. The van der Waals surface area contributed by atoms with Gasteiger partial charge in [0.25, 0.3) is 0 Å². The van der Waals surface area contributed by atoms with Crippen LogP contribution in [0.4, 0.5) is 16.2 Å². The van der Waals surface area contributed by atoms with Crippen LogP contribution in [-0.2, 0) is 4.74 Å². The van der Waals surface area contributed by atoms with Crippen LogP contribution >= 0.6 is 0 Å². The molecule has 0 radical (unpaired) electrons. The number of nitrogens with two attached hydrogens (primary N) is 1. The molecule has 1 aromatic carbocycles. The number of nitrogen functional groups attached to an aromatic ring is 1. The van der Waals surface area contributed by atoms with E-state index >= 15 is 0 Å². The summed E-state index contributed by atoms with van der Waals surface area (Å²) in [5.41, 5.74) is 7.24. The van der Waals surface area contributed by atoms with E-state index in [1.54, 1.807) is 11.0 Å². The molecule has 1 aliphatic heterocycles. The molecule has 1 aliphatic rings. The summed E-state index contributed by atoms with van der Waals surface area (Å²) in [5, 5.41) is 12.4. The lowest BCUT2D eigenvalue weighted by atomic mass is 10.0. The zero-order valence-electron chi connectivity index (χ0n) is 13.9. The predicted octanol–water partition coefficient (Wildman–Crippen LogP) is 2.95. The molecule has 124 valence electrons. The van der Waals surface area contributed by atoms with Crippen molar-refractivity contribution in [2.24, 2.45) is 0 Å². The van der Waals surface area contributed by atoms with Crippen LogP contribution in [0.1, 0.15) is 39.2 Å². The smallest absolute Gasteiger partial charge is 0.410 e. The molecular weight excluding hydrogens is 292 g/mol. The zero-order valence-corrected chi connectivity index (χ0v) is 13.9. The Morgan fingerprint density at radius 2 is 2.04 bits per heavy atom. The van der Waals surface area contributed by atoms with Gasteiger partial charge in [-0.3, -0.25) is 0 Å². The number of ether oxygens (including phenoxy) is 1. The van der Waals surface area contributed by atoms with Gasteiger partial charge in [0.2, 0.25) is 0 Å². The number of anilines is 2. The molecule has 1 saturated heterocycles. The van der Waals surface area contributed by atoms with E-state index in [1.807, 2.05) is 32.9 Å². The first-order valence-corrected chi connectivity index (χ1v) is 7.83. The lowest BCUT2D eigenvalue weighted by molar-refractivity contribution is 0.0210. The monoisotopic (exact) mass is 316 g/mol. The van der Waals surface area contributed by atoms with Gasteiger partial charge in [0, 0.05) is 19.1 Å². The van der Waals surface area contributed by atoms with E-state index in [9.17, 15) is 4.79 Å². The molecule has 1 heterocycles. The Bertz CT molecular complexity index is 608. The summed E-state index contributed by atoms with van der Waals surface area (Å²) >= 11 is 0. The third-order valence-electron chi connectivity index (χ3n) is 3.73. The standard InChI is InChI=1S/C17H24N4O2/c1-17(2,3)23-16(22)21-9-7-13(8-10-21)20-14-6-4-5-12(11-18)15(14)19/h4-6,13,20H,7-10,19H2,1-3H3. The number of hydrogen-bond acceptors (Lipinski definition) is 5. The van der Waals surface area contributed by atoms with Crippen molar-refractivity contribution in [1.82, 2.24) is 4.90 Å². The van der Waals surface area contributed by atoms with Crippen LogP contribution in [0.25, 0.3) is 0 Å². The number of para-hydroxylation sites is 1. The van der Waals surface area contributed by atoms with Crippen LogP contribution in [0.15, 0.2) is 18.2 Å². The van der Waals surface area contributed by atoms with Crippen LogP contribution < -0.4 is 11.1 Å². The van der Waals surface area contributed by atoms with E-state index in [1.165, 1.54) is 0 Å². The third kappa shape index (κ3) is 4.52. The van der Waals surface area contributed by atoms with E-state index in [-0.39, 0.29) is 12.1 Å². The summed E-state index contributed by atoms with van der Waals surface area (Å²) in [4.78, 5) is 13.8. The lowest BCUT2D eigenvalue weighted by Crippen LogP contribution is -2.44. The molecule has 0 atom stereocenters. The molecule has 1 amide bonds. The minimum absolute atomic E-state index is 0.227. The van der Waals surface area contributed by atoms with Crippen LogP contribution in [0.5, 0.6) is 0 Å². The second-order valence-electron chi connectivity index (χ2n) is 6.76. The Morgan fingerprint density at radius 1 is 1.39 bits per heavy atom. The molecule has 0 aliphatic carbocycles. The molecule has 6 heteroatoms. The number of piperidine rings is 1. The molecule has 1 fully saturated rings. The van der Waals surface area contributed by atoms with E-state index < -0.39 is 5.60 Å². The average Bonchev–Trinajstić information content (AvgIpc) is 2.48. The maximum atomic E-state index is 12.0. The van der Waals surface area contributed by atoms with Crippen LogP contribution in [-0.4, -0.2) is 35.7 Å². The lowest BCUT2D eigenvalue weighted by Gasteiger charge is -2.34. The third-order valence-corrected chi connectivity index (χ3v) is 3.73. The van der Waals surface area contributed by atoms with Crippen molar-refractivity contribution >= 4 is 17.5 Å². The Kier molecular flexibility index (Phi) is 4.99. The van der Waals surface area contributed by atoms with E-state index in [2.05, 4.69) is 11.4 Å². The van der Waals surface area contributed by atoms with Crippen LogP contribution in [0.3, 0.4) is 0 Å². The molecule has 0 aromatic heterocycles. The van der Waals surface area contributed by atoms with Gasteiger partial charge in [0.15, 0.2) is 0 Å². The number of likely N-dealkylation sites (tertiary alicyclic amines) is 1. The molecule has 2 rings (SSSR count). The maximum absolute atomic E-state index is 12.0. The zero-order chi connectivity index (χ0) is 17.0. The summed E-state index contributed by atoms with van der Waals surface area (Å²) in [5.74, 6) is 0. The van der Waals surface area contributed by atoms with Crippen molar-refractivity contribution in [2.45, 2.75) is 45.3 Å². The Balaban J connectivity index is 1.91. The highest BCUT2D eigenvalue weighted by atomic mass is 16.6. The first kappa shape index (κ1) is 16.9. The fourth-order valence-electron chi connectivity index (χ4n) is 2.54. The number of rotatable bonds is 2. The number of nitrogens with one attached hydrogen (secondary N) is 1. The second kappa shape index (κ2) is 6.78. The highest BCUT2D eigenvalue weighted by molar-refractivity contribution is 5.73. The number of carbonyl (C=O) groups is 1. The molecule has 0 unspecified atom stereocenters. The first-order valence-electron chi connectivity index (χ1n) is 7.83. The first-order chi connectivity index (χ1) is 10.8. The number of hydrogen-bond donors (Lipinski definition) is 2. The van der Waals surface area contributed by atoms with E-state index in [4.69, 9.17) is 15.7 Å². The average molecular weight is 316 g/mol. The van der Waals surface area contributed by atoms with Crippen LogP contribution in [0.2, 0.25) is 0 Å². The van der Waals surface area contributed by atoms with Crippen molar-refractivity contribution < 1.29 is 9.53 Å². The van der Waals surface area contributed by atoms with Gasteiger partial charge in [-0.05, 0) is 45.7 Å². The van der Waals surface area contributed by atoms with E-state index in [0.29, 0.717) is 24.3 Å². The Labute approximate surface area is 137 Å². The van der Waals surface area contributed by atoms with Gasteiger partial charge in [-0.15, -0.1) is 0 Å². The summed E-state index contributed by atoms with van der Waals surface area (Å²) in [6.45, 7) is 6.88. The number of benzene rings is 1. The van der Waals surface area contributed by atoms with Crippen molar-refractivity contribution in [1.29, 1.82) is 5.26 Å². The minimum atomic E-state index is -0.474. The second-order valence-corrected chi connectivity index (χ2v) is 6.76. The van der Waals surface area contributed by atoms with Gasteiger partial charge in [0.1, 0.15) is 11.7 Å². The van der Waals surface area contributed by atoms with Crippen molar-refractivity contribution in [3.05, 3.63) is 23.8 Å². The SMILES string of the molecule is CC(C)(C)OC(=O)N1CCC(Nc2cccc(C#N)c2N)CC1. The topological polar surface area (TPSA) is 91.4 Å². The molecule has 1 aromatic rings. The number of amides is 1. The maximum Gasteiger partial charge on any atom is 0.410 e. The van der Waals surface area contributed by atoms with Crippen LogP contribution in [0, 0.1) is 11.3 Å². The molecule has 0 spiro atoms. The number of nitrogens with zero attached hydrogens (tertiary/aromatic N) is 2. The van der Waals surface area contributed by atoms with Gasteiger partial charge in [-0.2, -0.15) is 5.26 Å². The van der Waals surface area contributed by atoms with E-state index in [0.717, 1.165) is 18.5 Å². The molecule has 0 bridgehead atoms. The number of nitriles is 1. The molecule has 6 nitrogen and oxygen atoms in total. The van der Waals surface area contributed by atoms with Gasteiger partial charge >= 0.3 is 6.09 Å². The normalized spacial score (nSPS) is 15.8. The van der Waals surface area contributed by atoms with Crippen molar-refractivity contribution in [3.8, 4) is 6.07 Å². The number of carbonyl (C=O) groups excluding carboxylic acids is 1. The van der Waals surface area contributed by atoms with Crippen molar-refractivity contribution in [2.75, 3.05) is 24.1 Å². The molecular formula is C17H24N4O2. The fourth-order valence-corrected chi connectivity index (χ4v) is 2.54.